The molecule has 0 fully saturated rings. The van der Waals surface area contributed by atoms with Crippen LogP contribution in [0.25, 0.3) is 0 Å². The fourth-order valence-corrected chi connectivity index (χ4v) is 2.71. The van der Waals surface area contributed by atoms with Crippen LogP contribution in [0.15, 0.2) is 16.8 Å². The third-order valence-corrected chi connectivity index (χ3v) is 4.15. The summed E-state index contributed by atoms with van der Waals surface area (Å²) in [7, 11) is 0. The third-order valence-electron chi connectivity index (χ3n) is 3.42. The second kappa shape index (κ2) is 6.54. The smallest absolute Gasteiger partial charge is 0.309 e. The molecule has 0 aliphatic carbocycles. The Morgan fingerprint density at radius 3 is 2.50 bits per heavy atom. The zero-order valence-electron chi connectivity index (χ0n) is 10.4. The highest BCUT2D eigenvalue weighted by molar-refractivity contribution is 7.07. The summed E-state index contributed by atoms with van der Waals surface area (Å²) in [6.45, 7) is 1.81. The molecule has 0 bridgehead atoms. The first-order chi connectivity index (χ1) is 8.50. The quantitative estimate of drug-likeness (QED) is 0.761. The van der Waals surface area contributed by atoms with E-state index >= 15 is 0 Å². The molecule has 5 heteroatoms. The molecule has 1 heterocycles. The van der Waals surface area contributed by atoms with E-state index in [-0.39, 0.29) is 12.8 Å². The molecule has 2 N–H and O–H groups in total. The number of hydrogen-bond donors (Lipinski definition) is 2. The van der Waals surface area contributed by atoms with Gasteiger partial charge in [0.05, 0.1) is 5.41 Å². The Morgan fingerprint density at radius 1 is 1.33 bits per heavy atom. The van der Waals surface area contributed by atoms with E-state index in [1.807, 2.05) is 23.8 Å². The van der Waals surface area contributed by atoms with Gasteiger partial charge in [0, 0.05) is 6.42 Å². The lowest BCUT2D eigenvalue weighted by Gasteiger charge is -2.27. The number of aliphatic carboxylic acids is 2. The van der Waals surface area contributed by atoms with Crippen LogP contribution in [0, 0.1) is 5.41 Å². The van der Waals surface area contributed by atoms with E-state index in [1.54, 1.807) is 11.3 Å². The number of rotatable bonds is 8. The predicted molar refractivity (Wildman–Crippen MR) is 69.9 cm³/mol. The minimum atomic E-state index is -0.940. The Morgan fingerprint density at radius 2 is 2.06 bits per heavy atom. The number of carboxylic acid groups (broad SMARTS) is 2. The molecule has 0 aliphatic rings. The van der Waals surface area contributed by atoms with Gasteiger partial charge in [-0.05, 0) is 48.1 Å². The summed E-state index contributed by atoms with van der Waals surface area (Å²) in [5.41, 5.74) is 0.203. The molecule has 0 saturated heterocycles. The standard InChI is InChI=1S/C13H18O4S/c1-2-13(12(16)17,7-4-11(14)15)6-3-10-5-8-18-9-10/h5,8-9H,2-4,6-7H2,1H3,(H,14,15)(H,16,17). The van der Waals surface area contributed by atoms with Gasteiger partial charge >= 0.3 is 11.9 Å². The highest BCUT2D eigenvalue weighted by Crippen LogP contribution is 2.34. The Hall–Kier alpha value is -1.36. The maximum absolute atomic E-state index is 11.4. The van der Waals surface area contributed by atoms with Gasteiger partial charge in [-0.25, -0.2) is 0 Å². The van der Waals surface area contributed by atoms with Crippen molar-refractivity contribution in [2.45, 2.75) is 39.0 Å². The van der Waals surface area contributed by atoms with E-state index in [2.05, 4.69) is 0 Å². The normalized spacial score (nSPS) is 14.1. The Balaban J connectivity index is 2.69. The fraction of sp³-hybridized carbons (Fsp3) is 0.538. The van der Waals surface area contributed by atoms with E-state index in [4.69, 9.17) is 5.11 Å². The topological polar surface area (TPSA) is 74.6 Å². The van der Waals surface area contributed by atoms with Crippen LogP contribution >= 0.6 is 11.3 Å². The summed E-state index contributed by atoms with van der Waals surface area (Å²) in [4.78, 5) is 22.1. The number of carboxylic acids is 2. The maximum Gasteiger partial charge on any atom is 0.309 e. The Kier molecular flexibility index (Phi) is 5.34. The third kappa shape index (κ3) is 3.84. The summed E-state index contributed by atoms with van der Waals surface area (Å²) >= 11 is 1.58. The molecule has 0 amide bonds. The largest absolute Gasteiger partial charge is 0.481 e. The fourth-order valence-electron chi connectivity index (χ4n) is 2.01. The zero-order chi connectivity index (χ0) is 13.6. The monoisotopic (exact) mass is 270 g/mol. The van der Waals surface area contributed by atoms with Crippen LogP contribution in [0.3, 0.4) is 0 Å². The Labute approximate surface area is 110 Å². The van der Waals surface area contributed by atoms with Crippen LogP contribution in [0.4, 0.5) is 0 Å². The highest BCUT2D eigenvalue weighted by atomic mass is 32.1. The minimum Gasteiger partial charge on any atom is -0.481 e. The molecule has 1 aromatic rings. The minimum absolute atomic E-state index is 0.0935. The molecule has 4 nitrogen and oxygen atoms in total. The van der Waals surface area contributed by atoms with Gasteiger partial charge in [-0.15, -0.1) is 0 Å². The van der Waals surface area contributed by atoms with Gasteiger partial charge in [0.1, 0.15) is 0 Å². The molecule has 0 spiro atoms. The number of hydrogen-bond acceptors (Lipinski definition) is 3. The molecular formula is C13H18O4S. The summed E-state index contributed by atoms with van der Waals surface area (Å²) in [6, 6.07) is 1.98. The molecule has 18 heavy (non-hydrogen) atoms. The van der Waals surface area contributed by atoms with Gasteiger partial charge in [0.15, 0.2) is 0 Å². The Bertz CT molecular complexity index is 399. The van der Waals surface area contributed by atoms with Gasteiger partial charge in [0.25, 0.3) is 0 Å². The lowest BCUT2D eigenvalue weighted by molar-refractivity contribution is -0.151. The first kappa shape index (κ1) is 14.7. The van der Waals surface area contributed by atoms with Crippen LogP contribution in [0.2, 0.25) is 0 Å². The molecule has 1 rings (SSSR count). The van der Waals surface area contributed by atoms with Crippen LogP contribution in [-0.2, 0) is 16.0 Å². The van der Waals surface area contributed by atoms with E-state index in [0.717, 1.165) is 5.56 Å². The average Bonchev–Trinajstić information content (AvgIpc) is 2.82. The molecule has 0 aliphatic heterocycles. The predicted octanol–water partition coefficient (Wildman–Crippen LogP) is 3.03. The maximum atomic E-state index is 11.4. The first-order valence-corrected chi connectivity index (χ1v) is 6.91. The van der Waals surface area contributed by atoms with Crippen LogP contribution in [0.1, 0.15) is 38.2 Å². The van der Waals surface area contributed by atoms with Crippen molar-refractivity contribution in [1.29, 1.82) is 0 Å². The summed E-state index contributed by atoms with van der Waals surface area (Å²) < 4.78 is 0. The second-order valence-corrected chi connectivity index (χ2v) is 5.24. The molecular weight excluding hydrogens is 252 g/mol. The molecule has 0 aromatic carbocycles. The van der Waals surface area contributed by atoms with E-state index in [1.165, 1.54) is 0 Å². The van der Waals surface area contributed by atoms with Crippen LogP contribution < -0.4 is 0 Å². The lowest BCUT2D eigenvalue weighted by Crippen LogP contribution is -2.31. The lowest BCUT2D eigenvalue weighted by atomic mass is 9.76. The number of carbonyl (C=O) groups is 2. The van der Waals surface area contributed by atoms with Crippen LogP contribution in [-0.4, -0.2) is 22.2 Å². The number of thiophene rings is 1. The molecule has 1 aromatic heterocycles. The van der Waals surface area contributed by atoms with Crippen molar-refractivity contribution in [1.82, 2.24) is 0 Å². The van der Waals surface area contributed by atoms with Gasteiger partial charge in [-0.2, -0.15) is 11.3 Å². The molecule has 0 radical (unpaired) electrons. The van der Waals surface area contributed by atoms with Crippen molar-refractivity contribution in [3.8, 4) is 0 Å². The van der Waals surface area contributed by atoms with Gasteiger partial charge in [-0.1, -0.05) is 6.92 Å². The van der Waals surface area contributed by atoms with E-state index in [0.29, 0.717) is 19.3 Å². The van der Waals surface area contributed by atoms with E-state index in [9.17, 15) is 14.7 Å². The second-order valence-electron chi connectivity index (χ2n) is 4.46. The molecule has 1 unspecified atom stereocenters. The van der Waals surface area contributed by atoms with Crippen molar-refractivity contribution in [3.63, 3.8) is 0 Å². The molecule has 1 atom stereocenters. The summed E-state index contributed by atoms with van der Waals surface area (Å²) in [6.07, 6.45) is 1.73. The van der Waals surface area contributed by atoms with Crippen LogP contribution in [0.5, 0.6) is 0 Å². The van der Waals surface area contributed by atoms with Crippen molar-refractivity contribution in [2.24, 2.45) is 5.41 Å². The first-order valence-electron chi connectivity index (χ1n) is 5.96. The van der Waals surface area contributed by atoms with E-state index < -0.39 is 17.4 Å². The SMILES string of the molecule is CCC(CCC(=O)O)(CCc1ccsc1)C(=O)O. The van der Waals surface area contributed by atoms with Crippen molar-refractivity contribution in [2.75, 3.05) is 0 Å². The molecule has 0 saturated carbocycles. The average molecular weight is 270 g/mol. The van der Waals surface area contributed by atoms with Gasteiger partial charge in [0.2, 0.25) is 0 Å². The zero-order valence-corrected chi connectivity index (χ0v) is 11.2. The molecule has 100 valence electrons. The van der Waals surface area contributed by atoms with Crippen molar-refractivity contribution >= 4 is 23.3 Å². The summed E-state index contributed by atoms with van der Waals surface area (Å²) in [5, 5.41) is 22.0. The van der Waals surface area contributed by atoms with Crippen molar-refractivity contribution in [3.05, 3.63) is 22.4 Å². The van der Waals surface area contributed by atoms with Gasteiger partial charge in [-0.3, -0.25) is 9.59 Å². The summed E-state index contributed by atoms with van der Waals surface area (Å²) in [5.74, 6) is -1.83. The number of aryl methyl sites for hydroxylation is 1. The van der Waals surface area contributed by atoms with Gasteiger partial charge < -0.3 is 10.2 Å². The highest BCUT2D eigenvalue weighted by Gasteiger charge is 2.36. The van der Waals surface area contributed by atoms with Crippen molar-refractivity contribution < 1.29 is 19.8 Å².